The first-order valence-corrected chi connectivity index (χ1v) is 10.3. The van der Waals surface area contributed by atoms with Crippen LogP contribution in [0.1, 0.15) is 5.56 Å². The second-order valence-corrected chi connectivity index (χ2v) is 8.05. The van der Waals surface area contributed by atoms with E-state index in [4.69, 9.17) is 14.9 Å². The number of para-hydroxylation sites is 4. The number of ether oxygens (including phenoxy) is 2. The van der Waals surface area contributed by atoms with Crippen molar-refractivity contribution in [2.75, 3.05) is 6.61 Å². The molecule has 1 aromatic heterocycles. The lowest BCUT2D eigenvalue weighted by molar-refractivity contribution is 0.0782. The molecule has 0 radical (unpaired) electrons. The van der Waals surface area contributed by atoms with E-state index in [0.717, 1.165) is 32.6 Å². The molecule has 1 atom stereocenters. The lowest BCUT2D eigenvalue weighted by Gasteiger charge is -2.26. The smallest absolute Gasteiger partial charge is 0.203 e. The van der Waals surface area contributed by atoms with Crippen molar-refractivity contribution in [3.63, 3.8) is 0 Å². The Morgan fingerprint density at radius 2 is 1.52 bits per heavy atom. The number of nitrogens with zero attached hydrogens (tertiary/aromatic N) is 2. The van der Waals surface area contributed by atoms with Gasteiger partial charge in [0.2, 0.25) is 5.62 Å². The van der Waals surface area contributed by atoms with E-state index < -0.39 is 0 Å². The molecule has 146 valence electrons. The fourth-order valence-electron chi connectivity index (χ4n) is 3.77. The third kappa shape index (κ3) is 3.44. The van der Waals surface area contributed by atoms with Crippen LogP contribution >= 0.6 is 15.9 Å². The summed E-state index contributed by atoms with van der Waals surface area (Å²) in [5, 5.41) is 8.85. The lowest BCUT2D eigenvalue weighted by atomic mass is 10.2. The number of nitrogens with one attached hydrogen (secondary N) is 1. The standard InChI is InChI=1S/C23H20BrN3O2/c24-17-11-9-16(10-12-17)13-26-19-5-1-2-6-20(19)27(23(26)25)14-18-15-28-21-7-3-4-8-22(21)29-18/h1-12,18,25H,13-15H2. The Kier molecular flexibility index (Phi) is 4.64. The maximum Gasteiger partial charge on any atom is 0.203 e. The number of halogens is 1. The van der Waals surface area contributed by atoms with Crippen molar-refractivity contribution >= 4 is 27.0 Å². The second-order valence-electron chi connectivity index (χ2n) is 7.13. The zero-order chi connectivity index (χ0) is 19.8. The fourth-order valence-corrected chi connectivity index (χ4v) is 4.03. The molecule has 0 spiro atoms. The third-order valence-corrected chi connectivity index (χ3v) is 5.71. The zero-order valence-electron chi connectivity index (χ0n) is 15.7. The number of hydrogen-bond donors (Lipinski definition) is 1. The van der Waals surface area contributed by atoms with Gasteiger partial charge >= 0.3 is 0 Å². The van der Waals surface area contributed by atoms with Crippen LogP contribution in [0.4, 0.5) is 0 Å². The maximum atomic E-state index is 8.85. The van der Waals surface area contributed by atoms with Crippen molar-refractivity contribution < 1.29 is 9.47 Å². The summed E-state index contributed by atoms with van der Waals surface area (Å²) in [6, 6.07) is 24.1. The van der Waals surface area contributed by atoms with Crippen LogP contribution in [-0.2, 0) is 13.1 Å². The summed E-state index contributed by atoms with van der Waals surface area (Å²) in [6.45, 7) is 1.67. The number of hydrogen-bond acceptors (Lipinski definition) is 3. The Balaban J connectivity index is 1.49. The van der Waals surface area contributed by atoms with E-state index in [1.54, 1.807) is 0 Å². The molecule has 0 saturated carbocycles. The predicted octanol–water partition coefficient (Wildman–Crippen LogP) is 4.57. The number of benzene rings is 3. The van der Waals surface area contributed by atoms with Crippen molar-refractivity contribution in [1.29, 1.82) is 5.41 Å². The molecule has 1 aliphatic rings. The van der Waals surface area contributed by atoms with Crippen molar-refractivity contribution in [1.82, 2.24) is 9.13 Å². The number of rotatable bonds is 4. The van der Waals surface area contributed by atoms with Crippen LogP contribution in [-0.4, -0.2) is 21.8 Å². The largest absolute Gasteiger partial charge is 0.486 e. The van der Waals surface area contributed by atoms with Crippen molar-refractivity contribution in [2.45, 2.75) is 19.2 Å². The average Bonchev–Trinajstić information content (AvgIpc) is 3.01. The molecule has 29 heavy (non-hydrogen) atoms. The topological polar surface area (TPSA) is 52.2 Å². The van der Waals surface area contributed by atoms with Crippen molar-refractivity contribution in [3.8, 4) is 11.5 Å². The molecule has 4 aromatic rings. The van der Waals surface area contributed by atoms with Gasteiger partial charge in [0.15, 0.2) is 17.6 Å². The number of fused-ring (bicyclic) bond motifs is 2. The van der Waals surface area contributed by atoms with Gasteiger partial charge in [0.25, 0.3) is 0 Å². The Morgan fingerprint density at radius 1 is 0.862 bits per heavy atom. The first-order valence-electron chi connectivity index (χ1n) is 9.54. The minimum atomic E-state index is -0.147. The first kappa shape index (κ1) is 18.1. The molecule has 1 unspecified atom stereocenters. The quantitative estimate of drug-likeness (QED) is 0.495. The minimum Gasteiger partial charge on any atom is -0.486 e. The van der Waals surface area contributed by atoms with E-state index in [9.17, 15) is 0 Å². The van der Waals surface area contributed by atoms with E-state index in [-0.39, 0.29) is 6.10 Å². The number of aromatic nitrogens is 2. The lowest BCUT2D eigenvalue weighted by Crippen LogP contribution is -2.37. The highest BCUT2D eigenvalue weighted by Crippen LogP contribution is 2.31. The first-order chi connectivity index (χ1) is 14.2. The summed E-state index contributed by atoms with van der Waals surface area (Å²) >= 11 is 3.48. The minimum absolute atomic E-state index is 0.147. The molecule has 5 rings (SSSR count). The van der Waals surface area contributed by atoms with Crippen LogP contribution in [0.5, 0.6) is 11.5 Å². The Morgan fingerprint density at radius 3 is 2.28 bits per heavy atom. The van der Waals surface area contributed by atoms with E-state index in [0.29, 0.717) is 25.3 Å². The van der Waals surface area contributed by atoms with Crippen LogP contribution in [0, 0.1) is 5.41 Å². The van der Waals surface area contributed by atoms with Gasteiger partial charge in [-0.1, -0.05) is 52.3 Å². The Bertz CT molecular complexity index is 1230. The van der Waals surface area contributed by atoms with E-state index in [1.165, 1.54) is 0 Å². The molecule has 2 heterocycles. The molecule has 1 aliphatic heterocycles. The van der Waals surface area contributed by atoms with Crippen molar-refractivity contribution in [3.05, 3.63) is 88.5 Å². The monoisotopic (exact) mass is 449 g/mol. The highest BCUT2D eigenvalue weighted by molar-refractivity contribution is 9.10. The molecule has 1 N–H and O–H groups in total. The molecule has 6 heteroatoms. The normalized spacial score (nSPS) is 15.6. The van der Waals surface area contributed by atoms with Gasteiger partial charge in [-0.3, -0.25) is 5.41 Å². The molecule has 0 fully saturated rings. The zero-order valence-corrected chi connectivity index (χ0v) is 17.3. The van der Waals surface area contributed by atoms with Crippen molar-refractivity contribution in [2.24, 2.45) is 0 Å². The van der Waals surface area contributed by atoms with Gasteiger partial charge in [0.05, 0.1) is 24.1 Å². The fraction of sp³-hybridized carbons (Fsp3) is 0.174. The highest BCUT2D eigenvalue weighted by Gasteiger charge is 2.23. The predicted molar refractivity (Wildman–Crippen MR) is 115 cm³/mol. The van der Waals surface area contributed by atoms with E-state index >= 15 is 0 Å². The van der Waals surface area contributed by atoms with Gasteiger partial charge in [-0.15, -0.1) is 0 Å². The SMILES string of the molecule is N=c1n(Cc2ccc(Br)cc2)c2ccccc2n1CC1COc2ccccc2O1. The second kappa shape index (κ2) is 7.44. The summed E-state index contributed by atoms with van der Waals surface area (Å²) < 4.78 is 17.1. The van der Waals surface area contributed by atoms with Crippen LogP contribution < -0.4 is 15.1 Å². The highest BCUT2D eigenvalue weighted by atomic mass is 79.9. The maximum absolute atomic E-state index is 8.85. The summed E-state index contributed by atoms with van der Waals surface area (Å²) in [5.41, 5.74) is 3.67. The summed E-state index contributed by atoms with van der Waals surface area (Å²) in [5.74, 6) is 1.53. The van der Waals surface area contributed by atoms with Crippen LogP contribution in [0.2, 0.25) is 0 Å². The van der Waals surface area contributed by atoms with Crippen LogP contribution in [0.3, 0.4) is 0 Å². The Hall–Kier alpha value is -2.99. The molecule has 5 nitrogen and oxygen atoms in total. The van der Waals surface area contributed by atoms with Crippen LogP contribution in [0.15, 0.2) is 77.3 Å². The average molecular weight is 450 g/mol. The number of imidazole rings is 1. The summed E-state index contributed by atoms with van der Waals surface area (Å²) in [6.07, 6.45) is -0.147. The van der Waals surface area contributed by atoms with Crippen LogP contribution in [0.25, 0.3) is 11.0 Å². The Labute approximate surface area is 176 Å². The molecular formula is C23H20BrN3O2. The van der Waals surface area contributed by atoms with E-state index in [1.807, 2.05) is 57.7 Å². The third-order valence-electron chi connectivity index (χ3n) is 5.18. The van der Waals surface area contributed by atoms with Gasteiger partial charge in [-0.25, -0.2) is 0 Å². The molecule has 0 aliphatic carbocycles. The molecule has 0 bridgehead atoms. The van der Waals surface area contributed by atoms with Gasteiger partial charge in [0.1, 0.15) is 6.61 Å². The molecular weight excluding hydrogens is 430 g/mol. The molecule has 0 amide bonds. The van der Waals surface area contributed by atoms with Gasteiger partial charge < -0.3 is 18.6 Å². The molecule has 3 aromatic carbocycles. The van der Waals surface area contributed by atoms with E-state index in [2.05, 4.69) is 40.2 Å². The van der Waals surface area contributed by atoms with Gasteiger partial charge in [0, 0.05) is 4.47 Å². The molecule has 0 saturated heterocycles. The van der Waals surface area contributed by atoms with Gasteiger partial charge in [-0.05, 0) is 42.0 Å². The van der Waals surface area contributed by atoms with Gasteiger partial charge in [-0.2, -0.15) is 0 Å². The summed E-state index contributed by atoms with van der Waals surface area (Å²) in [7, 11) is 0. The summed E-state index contributed by atoms with van der Waals surface area (Å²) in [4.78, 5) is 0.